The molecule has 4 saturated carbocycles. The van der Waals surface area contributed by atoms with Crippen molar-refractivity contribution >= 4 is 17.2 Å². The molecule has 0 radical (unpaired) electrons. The molecule has 2 heterocycles. The van der Waals surface area contributed by atoms with Gasteiger partial charge in [0.2, 0.25) is 0 Å². The SMILES string of the molecule is CC(C)(C)P(C[c-]1cc(-c2ccccc2)cc1C(P)(C1CCCNC1)C1CCCNC1)C1C2CC3CC(C2)CC1C3.[Fe].[cH-]1[cH-][cH-][cH-][cH-]1. The normalized spacial score (nSPS) is 32.0. The van der Waals surface area contributed by atoms with Gasteiger partial charge in [0.15, 0.2) is 0 Å². The standard InChI is InChI=1S/C37H55N2P2.C5H5.Fe/c1-36(2,3)41(35-29-16-25-15-26(18-29)19-30(35)17-25)24-31-20-28(27-9-5-4-6-10-27)21-34(31)37(40,32-11-7-13-38-22-32)33-12-8-14-39-23-33;1-2-4-5-3-1;/h4-6,9-10,20-21,25-26,29-30,32-33,35,38-39H,7-8,11-19,22-24,40H2,1-3H3;1-5H;/q-1;-5;. The summed E-state index contributed by atoms with van der Waals surface area (Å²) in [6.45, 7) is 12.5. The molecule has 4 unspecified atom stereocenters. The van der Waals surface area contributed by atoms with Crippen molar-refractivity contribution in [1.82, 2.24) is 10.6 Å². The maximum Gasteiger partial charge on any atom is 0 e. The van der Waals surface area contributed by atoms with Crippen LogP contribution in [-0.2, 0) is 28.4 Å². The summed E-state index contributed by atoms with van der Waals surface area (Å²) in [7, 11) is 3.46. The molecule has 262 valence electrons. The fourth-order valence-electron chi connectivity index (χ4n) is 10.9. The van der Waals surface area contributed by atoms with Gasteiger partial charge in [0, 0.05) is 17.1 Å². The van der Waals surface area contributed by atoms with Crippen molar-refractivity contribution in [3.05, 3.63) is 83.9 Å². The third kappa shape index (κ3) is 7.78. The zero-order valence-corrected chi connectivity index (χ0v) is 32.4. The zero-order valence-electron chi connectivity index (χ0n) is 29.2. The van der Waals surface area contributed by atoms with Crippen LogP contribution in [0.3, 0.4) is 0 Å². The van der Waals surface area contributed by atoms with E-state index in [9.17, 15) is 0 Å². The molecular weight excluding hydrogens is 650 g/mol. The summed E-state index contributed by atoms with van der Waals surface area (Å²) in [5.41, 5.74) is 7.25. The molecule has 2 N–H and O–H groups in total. The van der Waals surface area contributed by atoms with E-state index in [1.54, 1.807) is 43.2 Å². The second kappa shape index (κ2) is 15.6. The Balaban J connectivity index is 0.000000591. The molecule has 0 amide bonds. The molecule has 3 aromatic carbocycles. The summed E-state index contributed by atoms with van der Waals surface area (Å²) in [5.74, 6) is 5.49. The van der Waals surface area contributed by atoms with E-state index in [-0.39, 0.29) is 30.1 Å². The maximum absolute atomic E-state index is 3.83. The average Bonchev–Trinajstić information content (AvgIpc) is 3.79. The van der Waals surface area contributed by atoms with Gasteiger partial charge in [-0.25, -0.2) is 6.07 Å². The van der Waals surface area contributed by atoms with Crippen LogP contribution in [0, 0.1) is 35.5 Å². The third-order valence-corrected chi connectivity index (χ3v) is 18.0. The number of rotatable bonds is 7. The van der Waals surface area contributed by atoms with E-state index in [2.05, 4.69) is 83.1 Å². The molecule has 2 saturated heterocycles. The van der Waals surface area contributed by atoms with Crippen molar-refractivity contribution < 1.29 is 17.1 Å². The van der Waals surface area contributed by atoms with Gasteiger partial charge in [0.05, 0.1) is 0 Å². The molecule has 0 spiro atoms. The summed E-state index contributed by atoms with van der Waals surface area (Å²) >= 11 is 0. The maximum atomic E-state index is 3.83. The van der Waals surface area contributed by atoms with Crippen LogP contribution < -0.4 is 10.6 Å². The Morgan fingerprint density at radius 2 is 1.32 bits per heavy atom. The van der Waals surface area contributed by atoms with Gasteiger partial charge < -0.3 is 41.0 Å². The molecule has 0 aromatic heterocycles. The fraction of sp³-hybridized carbons (Fsp3) is 0.619. The fourth-order valence-corrected chi connectivity index (χ4v) is 15.4. The molecule has 4 aliphatic carbocycles. The molecule has 6 aliphatic rings. The first-order valence-corrected chi connectivity index (χ1v) is 21.0. The predicted molar refractivity (Wildman–Crippen MR) is 203 cm³/mol. The molecule has 5 heteroatoms. The predicted octanol–water partition coefficient (Wildman–Crippen LogP) is 10.2. The first-order chi connectivity index (χ1) is 22.3. The summed E-state index contributed by atoms with van der Waals surface area (Å²) in [5, 5.41) is 8.18. The van der Waals surface area contributed by atoms with Crippen molar-refractivity contribution in [2.75, 3.05) is 26.2 Å². The second-order valence-corrected chi connectivity index (χ2v) is 20.9. The molecule has 6 fully saturated rings. The van der Waals surface area contributed by atoms with E-state index in [1.807, 2.05) is 30.3 Å². The summed E-state index contributed by atoms with van der Waals surface area (Å²) in [6.07, 6.45) is 14.4. The zero-order chi connectivity index (χ0) is 31.7. The average molecular weight is 711 g/mol. The number of hydrogen-bond acceptors (Lipinski definition) is 2. The molecule has 3 aromatic rings. The van der Waals surface area contributed by atoms with E-state index in [0.717, 1.165) is 42.4 Å². The van der Waals surface area contributed by atoms with Gasteiger partial charge in [0.1, 0.15) is 0 Å². The number of piperidine rings is 2. The molecule has 2 aliphatic heterocycles. The molecular formula is C42H60FeN2P2-6. The first-order valence-electron chi connectivity index (χ1n) is 18.8. The van der Waals surface area contributed by atoms with Gasteiger partial charge >= 0.3 is 0 Å². The van der Waals surface area contributed by atoms with Crippen LogP contribution in [0.15, 0.2) is 72.8 Å². The minimum atomic E-state index is -0.122. The minimum absolute atomic E-state index is 0. The van der Waals surface area contributed by atoms with E-state index in [0.29, 0.717) is 17.0 Å². The van der Waals surface area contributed by atoms with Gasteiger partial charge in [-0.2, -0.15) is 17.2 Å². The van der Waals surface area contributed by atoms with Gasteiger partial charge in [-0.05, 0) is 135 Å². The number of hydrogen-bond donors (Lipinski definition) is 2. The number of benzene rings is 1. The van der Waals surface area contributed by atoms with Crippen molar-refractivity contribution in [1.29, 1.82) is 0 Å². The Morgan fingerprint density at radius 1 is 0.787 bits per heavy atom. The first kappa shape index (κ1) is 36.0. The van der Waals surface area contributed by atoms with Gasteiger partial charge in [-0.1, -0.05) is 62.8 Å². The van der Waals surface area contributed by atoms with Gasteiger partial charge in [-0.15, -0.1) is 22.7 Å². The number of nitrogens with one attached hydrogen (secondary N) is 2. The molecule has 2 nitrogen and oxygen atoms in total. The van der Waals surface area contributed by atoms with E-state index in [1.165, 1.54) is 56.1 Å². The molecule has 4 atom stereocenters. The Morgan fingerprint density at radius 3 is 1.79 bits per heavy atom. The van der Waals surface area contributed by atoms with Crippen LogP contribution >= 0.6 is 17.2 Å². The molecule has 4 bridgehead atoms. The molecule has 9 rings (SSSR count). The van der Waals surface area contributed by atoms with Gasteiger partial charge in [0.25, 0.3) is 0 Å². The Labute approximate surface area is 301 Å². The Bertz CT molecular complexity index is 1300. The van der Waals surface area contributed by atoms with Crippen LogP contribution in [0.5, 0.6) is 0 Å². The quantitative estimate of drug-likeness (QED) is 0.145. The summed E-state index contributed by atoms with van der Waals surface area (Å²) in [6, 6.07) is 26.6. The van der Waals surface area contributed by atoms with Crippen LogP contribution in [0.2, 0.25) is 0 Å². The van der Waals surface area contributed by atoms with E-state index in [4.69, 9.17) is 0 Å². The monoisotopic (exact) mass is 710 g/mol. The Kier molecular flexibility index (Phi) is 12.0. The Hall–Kier alpha value is -0.781. The summed E-state index contributed by atoms with van der Waals surface area (Å²) in [4.78, 5) is 0. The van der Waals surface area contributed by atoms with Crippen molar-refractivity contribution in [2.24, 2.45) is 35.5 Å². The minimum Gasteiger partial charge on any atom is -0.748 e. The van der Waals surface area contributed by atoms with Crippen LogP contribution in [0.4, 0.5) is 0 Å². The topological polar surface area (TPSA) is 24.1 Å². The largest absolute Gasteiger partial charge is 0.748 e. The van der Waals surface area contributed by atoms with E-state index < -0.39 is 0 Å². The van der Waals surface area contributed by atoms with Crippen molar-refractivity contribution in [3.8, 4) is 11.1 Å². The van der Waals surface area contributed by atoms with Gasteiger partial charge in [-0.3, -0.25) is 0 Å². The molecule has 47 heavy (non-hydrogen) atoms. The van der Waals surface area contributed by atoms with Crippen molar-refractivity contribution in [2.45, 2.75) is 101 Å². The summed E-state index contributed by atoms with van der Waals surface area (Å²) < 4.78 is 0. The third-order valence-electron chi connectivity index (χ3n) is 12.8. The second-order valence-electron chi connectivity index (χ2n) is 16.8. The van der Waals surface area contributed by atoms with Crippen LogP contribution in [-0.4, -0.2) is 37.0 Å². The van der Waals surface area contributed by atoms with Crippen LogP contribution in [0.1, 0.15) is 89.7 Å². The van der Waals surface area contributed by atoms with Crippen LogP contribution in [0.25, 0.3) is 11.1 Å². The van der Waals surface area contributed by atoms with Crippen molar-refractivity contribution in [3.63, 3.8) is 0 Å². The van der Waals surface area contributed by atoms with E-state index >= 15 is 0 Å². The smallest absolute Gasteiger partial charge is 0 e.